The first-order chi connectivity index (χ1) is 11.6. The molecule has 1 aromatic carbocycles. The second-order valence-corrected chi connectivity index (χ2v) is 6.74. The van der Waals surface area contributed by atoms with Crippen LogP contribution >= 0.6 is 0 Å². The van der Waals surface area contributed by atoms with Crippen LogP contribution in [0.2, 0.25) is 0 Å². The molecule has 0 radical (unpaired) electrons. The van der Waals surface area contributed by atoms with Gasteiger partial charge in [0.2, 0.25) is 11.8 Å². The van der Waals surface area contributed by atoms with Crippen LogP contribution < -0.4 is 5.32 Å². The molecule has 1 saturated carbocycles. The first kappa shape index (κ1) is 16.7. The number of hydrogen-bond donors (Lipinski definition) is 1. The summed E-state index contributed by atoms with van der Waals surface area (Å²) in [5.41, 5.74) is 3.15. The van der Waals surface area contributed by atoms with Crippen molar-refractivity contribution in [2.45, 2.75) is 64.8 Å². The highest BCUT2D eigenvalue weighted by atomic mass is 16.4. The standard InChI is InChI=1S/C20H26N2O2/c1-14-8-3-6-11-17(14)20-22-18(15(2)24-20)12-7-13-19(23)21-16-9-4-5-10-16/h3,6,8,11,16H,4-5,7,9-10,12-13H2,1-2H3,(H,21,23). The molecule has 1 fully saturated rings. The van der Waals surface area contributed by atoms with Crippen molar-refractivity contribution in [1.29, 1.82) is 0 Å². The fraction of sp³-hybridized carbons (Fsp3) is 0.500. The molecule has 1 aliphatic carbocycles. The SMILES string of the molecule is Cc1ccccc1-c1nc(CCCC(=O)NC2CCCC2)c(C)o1. The Morgan fingerprint density at radius 2 is 2.00 bits per heavy atom. The zero-order valence-electron chi connectivity index (χ0n) is 14.6. The molecular formula is C20H26N2O2. The molecular weight excluding hydrogens is 300 g/mol. The number of amides is 1. The topological polar surface area (TPSA) is 55.1 Å². The number of aryl methyl sites for hydroxylation is 3. The number of aromatic nitrogens is 1. The minimum Gasteiger partial charge on any atom is -0.441 e. The Bertz CT molecular complexity index is 699. The third-order valence-electron chi connectivity index (χ3n) is 4.81. The lowest BCUT2D eigenvalue weighted by Gasteiger charge is -2.11. The maximum absolute atomic E-state index is 12.0. The molecule has 1 aliphatic rings. The van der Waals surface area contributed by atoms with Gasteiger partial charge in [-0.2, -0.15) is 0 Å². The monoisotopic (exact) mass is 326 g/mol. The van der Waals surface area contributed by atoms with E-state index in [9.17, 15) is 4.79 Å². The molecule has 0 saturated heterocycles. The molecule has 1 aromatic heterocycles. The molecule has 0 aliphatic heterocycles. The highest BCUT2D eigenvalue weighted by Crippen LogP contribution is 2.25. The molecule has 3 rings (SSSR count). The first-order valence-corrected chi connectivity index (χ1v) is 8.95. The Morgan fingerprint density at radius 1 is 1.25 bits per heavy atom. The molecule has 0 atom stereocenters. The summed E-state index contributed by atoms with van der Waals surface area (Å²) < 4.78 is 5.84. The fourth-order valence-corrected chi connectivity index (χ4v) is 3.37. The Morgan fingerprint density at radius 3 is 2.75 bits per heavy atom. The zero-order valence-corrected chi connectivity index (χ0v) is 14.6. The van der Waals surface area contributed by atoms with Gasteiger partial charge in [0.25, 0.3) is 0 Å². The van der Waals surface area contributed by atoms with Gasteiger partial charge >= 0.3 is 0 Å². The molecule has 2 aromatic rings. The van der Waals surface area contributed by atoms with Gasteiger partial charge in [-0.05, 0) is 51.2 Å². The summed E-state index contributed by atoms with van der Waals surface area (Å²) in [6, 6.07) is 8.49. The van der Waals surface area contributed by atoms with Gasteiger partial charge in [0.15, 0.2) is 0 Å². The number of carbonyl (C=O) groups is 1. The van der Waals surface area contributed by atoms with Crippen molar-refractivity contribution < 1.29 is 9.21 Å². The molecule has 0 bridgehead atoms. The van der Waals surface area contributed by atoms with Gasteiger partial charge in [0.1, 0.15) is 5.76 Å². The van der Waals surface area contributed by atoms with Crippen LogP contribution in [0, 0.1) is 13.8 Å². The summed E-state index contributed by atoms with van der Waals surface area (Å²) in [5.74, 6) is 1.70. The van der Waals surface area contributed by atoms with Crippen molar-refractivity contribution >= 4 is 5.91 Å². The fourth-order valence-electron chi connectivity index (χ4n) is 3.37. The maximum atomic E-state index is 12.0. The highest BCUT2D eigenvalue weighted by molar-refractivity contribution is 5.76. The largest absolute Gasteiger partial charge is 0.441 e. The number of hydrogen-bond acceptors (Lipinski definition) is 3. The quantitative estimate of drug-likeness (QED) is 0.859. The van der Waals surface area contributed by atoms with Crippen LogP contribution in [-0.2, 0) is 11.2 Å². The second-order valence-electron chi connectivity index (χ2n) is 6.74. The van der Waals surface area contributed by atoms with E-state index < -0.39 is 0 Å². The molecule has 1 N–H and O–H groups in total. The number of carbonyl (C=O) groups excluding carboxylic acids is 1. The van der Waals surface area contributed by atoms with E-state index in [2.05, 4.69) is 23.3 Å². The summed E-state index contributed by atoms with van der Waals surface area (Å²) in [5, 5.41) is 3.14. The third kappa shape index (κ3) is 4.05. The minimum absolute atomic E-state index is 0.169. The normalized spacial score (nSPS) is 14.9. The highest BCUT2D eigenvalue weighted by Gasteiger charge is 2.17. The number of oxazole rings is 1. The van der Waals surface area contributed by atoms with Crippen LogP contribution in [0.3, 0.4) is 0 Å². The molecule has 128 valence electrons. The van der Waals surface area contributed by atoms with E-state index in [-0.39, 0.29) is 5.91 Å². The Labute approximate surface area is 143 Å². The van der Waals surface area contributed by atoms with Gasteiger partial charge in [-0.25, -0.2) is 4.98 Å². The Hall–Kier alpha value is -2.10. The molecule has 0 unspecified atom stereocenters. The summed E-state index contributed by atoms with van der Waals surface area (Å²) in [6.45, 7) is 4.00. The van der Waals surface area contributed by atoms with Crippen LogP contribution in [0.5, 0.6) is 0 Å². The van der Waals surface area contributed by atoms with Crippen LogP contribution in [0.1, 0.15) is 55.5 Å². The van der Waals surface area contributed by atoms with E-state index in [1.54, 1.807) is 0 Å². The van der Waals surface area contributed by atoms with Crippen LogP contribution in [0.4, 0.5) is 0 Å². The molecule has 1 amide bonds. The lowest BCUT2D eigenvalue weighted by atomic mass is 10.1. The second kappa shape index (κ2) is 7.65. The summed E-state index contributed by atoms with van der Waals surface area (Å²) in [6.07, 6.45) is 6.89. The lowest BCUT2D eigenvalue weighted by Crippen LogP contribution is -2.32. The number of benzene rings is 1. The summed E-state index contributed by atoms with van der Waals surface area (Å²) in [4.78, 5) is 16.6. The van der Waals surface area contributed by atoms with Gasteiger partial charge in [-0.15, -0.1) is 0 Å². The van der Waals surface area contributed by atoms with Crippen molar-refractivity contribution in [3.63, 3.8) is 0 Å². The van der Waals surface area contributed by atoms with Gasteiger partial charge in [0.05, 0.1) is 5.69 Å². The first-order valence-electron chi connectivity index (χ1n) is 8.95. The predicted octanol–water partition coefficient (Wildman–Crippen LogP) is 4.34. The lowest BCUT2D eigenvalue weighted by molar-refractivity contribution is -0.121. The molecule has 24 heavy (non-hydrogen) atoms. The molecule has 4 heteroatoms. The third-order valence-corrected chi connectivity index (χ3v) is 4.81. The van der Waals surface area contributed by atoms with Crippen molar-refractivity contribution in [3.05, 3.63) is 41.3 Å². The van der Waals surface area contributed by atoms with E-state index in [1.807, 2.05) is 25.1 Å². The van der Waals surface area contributed by atoms with Gasteiger partial charge in [-0.1, -0.05) is 31.0 Å². The predicted molar refractivity (Wildman–Crippen MR) is 94.7 cm³/mol. The Balaban J connectivity index is 1.54. The number of rotatable bonds is 6. The molecule has 0 spiro atoms. The van der Waals surface area contributed by atoms with Crippen molar-refractivity contribution in [3.8, 4) is 11.5 Å². The smallest absolute Gasteiger partial charge is 0.226 e. The van der Waals surface area contributed by atoms with E-state index in [4.69, 9.17) is 4.42 Å². The average Bonchev–Trinajstić information content (AvgIpc) is 3.18. The van der Waals surface area contributed by atoms with Gasteiger partial charge in [-0.3, -0.25) is 4.79 Å². The van der Waals surface area contributed by atoms with E-state index >= 15 is 0 Å². The van der Waals surface area contributed by atoms with E-state index in [0.29, 0.717) is 18.4 Å². The van der Waals surface area contributed by atoms with Crippen molar-refractivity contribution in [2.24, 2.45) is 0 Å². The maximum Gasteiger partial charge on any atom is 0.226 e. The van der Waals surface area contributed by atoms with Crippen molar-refractivity contribution in [1.82, 2.24) is 10.3 Å². The Kier molecular flexibility index (Phi) is 5.34. The van der Waals surface area contributed by atoms with Crippen LogP contribution in [0.25, 0.3) is 11.5 Å². The van der Waals surface area contributed by atoms with Crippen LogP contribution in [-0.4, -0.2) is 16.9 Å². The summed E-state index contributed by atoms with van der Waals surface area (Å²) >= 11 is 0. The molecule has 4 nitrogen and oxygen atoms in total. The zero-order chi connectivity index (χ0) is 16.9. The van der Waals surface area contributed by atoms with Gasteiger partial charge in [0, 0.05) is 18.0 Å². The number of nitrogens with zero attached hydrogens (tertiary/aromatic N) is 1. The van der Waals surface area contributed by atoms with Gasteiger partial charge < -0.3 is 9.73 Å². The minimum atomic E-state index is 0.169. The summed E-state index contributed by atoms with van der Waals surface area (Å²) in [7, 11) is 0. The number of nitrogens with one attached hydrogen (secondary N) is 1. The van der Waals surface area contributed by atoms with E-state index in [1.165, 1.54) is 12.8 Å². The van der Waals surface area contributed by atoms with Crippen LogP contribution in [0.15, 0.2) is 28.7 Å². The average molecular weight is 326 g/mol. The molecule has 1 heterocycles. The van der Waals surface area contributed by atoms with E-state index in [0.717, 1.165) is 48.3 Å². The van der Waals surface area contributed by atoms with Crippen molar-refractivity contribution in [2.75, 3.05) is 0 Å².